The maximum absolute atomic E-state index is 12.7. The Morgan fingerprint density at radius 3 is 2.65 bits per heavy atom. The molecule has 1 aromatic carbocycles. The van der Waals surface area contributed by atoms with Gasteiger partial charge in [-0.2, -0.15) is 0 Å². The van der Waals surface area contributed by atoms with Crippen molar-refractivity contribution < 1.29 is 14.7 Å². The highest BCUT2D eigenvalue weighted by atomic mass is 35.5. The van der Waals surface area contributed by atoms with Gasteiger partial charge in [-0.1, -0.05) is 35.5 Å². The van der Waals surface area contributed by atoms with Crippen LogP contribution in [-0.2, 0) is 4.79 Å². The molecular formula is C18H18ClN3O3S. The fourth-order valence-electron chi connectivity index (χ4n) is 3.04. The number of nitrogens with zero attached hydrogens (tertiary/aromatic N) is 3. The molecule has 0 spiro atoms. The summed E-state index contributed by atoms with van der Waals surface area (Å²) in [6.45, 7) is 2.30. The Morgan fingerprint density at radius 1 is 1.23 bits per heavy atom. The molecule has 0 bridgehead atoms. The molecule has 1 aliphatic rings. The number of amides is 1. The predicted octanol–water partition coefficient (Wildman–Crippen LogP) is 3.61. The second kappa shape index (κ2) is 8.05. The molecule has 26 heavy (non-hydrogen) atoms. The number of hydrogen-bond donors (Lipinski definition) is 1. The zero-order valence-electron chi connectivity index (χ0n) is 14.1. The molecule has 1 saturated heterocycles. The number of rotatable bonds is 4. The fraction of sp³-hybridized carbons (Fsp3) is 0.333. The second-order valence-corrected chi connectivity index (χ2v) is 7.58. The van der Waals surface area contributed by atoms with E-state index < -0.39 is 11.9 Å². The first-order valence-electron chi connectivity index (χ1n) is 8.27. The zero-order valence-corrected chi connectivity index (χ0v) is 15.7. The molecule has 1 amide bonds. The van der Waals surface area contributed by atoms with E-state index >= 15 is 0 Å². The third kappa shape index (κ3) is 3.99. The van der Waals surface area contributed by atoms with Gasteiger partial charge in [0.1, 0.15) is 5.03 Å². The molecule has 0 radical (unpaired) electrons. The molecule has 2 aromatic rings. The summed E-state index contributed by atoms with van der Waals surface area (Å²) >= 11 is 7.50. The first kappa shape index (κ1) is 18.7. The lowest BCUT2D eigenvalue weighted by Crippen LogP contribution is -2.49. The number of carbonyl (C=O) groups is 2. The quantitative estimate of drug-likeness (QED) is 0.857. The number of likely N-dealkylation sites (tertiary alicyclic amines) is 1. The van der Waals surface area contributed by atoms with Gasteiger partial charge in [0.25, 0.3) is 5.91 Å². The number of carbonyl (C=O) groups excluding carboxylic acids is 1. The Morgan fingerprint density at radius 2 is 2.00 bits per heavy atom. The SMILES string of the molecule is C[C@@H]1[C@H](C(=O)O)CCCN1C(=O)c1ccc(Sc2ccccc2Cl)nn1. The fourth-order valence-corrected chi connectivity index (χ4v) is 4.04. The molecule has 1 fully saturated rings. The first-order valence-corrected chi connectivity index (χ1v) is 9.46. The van der Waals surface area contributed by atoms with Crippen LogP contribution in [0.2, 0.25) is 5.02 Å². The monoisotopic (exact) mass is 391 g/mol. The Bertz CT molecular complexity index is 816. The van der Waals surface area contributed by atoms with Crippen molar-refractivity contribution in [1.82, 2.24) is 15.1 Å². The number of carboxylic acid groups (broad SMARTS) is 1. The zero-order chi connectivity index (χ0) is 18.7. The number of aromatic nitrogens is 2. The van der Waals surface area contributed by atoms with Crippen molar-refractivity contribution in [1.29, 1.82) is 0 Å². The van der Waals surface area contributed by atoms with Crippen LogP contribution in [0, 0.1) is 5.92 Å². The third-order valence-corrected chi connectivity index (χ3v) is 5.92. The lowest BCUT2D eigenvalue weighted by atomic mass is 9.90. The van der Waals surface area contributed by atoms with Gasteiger partial charge < -0.3 is 10.0 Å². The molecule has 0 unspecified atom stereocenters. The van der Waals surface area contributed by atoms with Crippen molar-refractivity contribution in [2.45, 2.75) is 35.7 Å². The summed E-state index contributed by atoms with van der Waals surface area (Å²) < 4.78 is 0. The molecule has 1 aromatic heterocycles. The highest BCUT2D eigenvalue weighted by Crippen LogP contribution is 2.31. The van der Waals surface area contributed by atoms with Crippen molar-refractivity contribution in [2.24, 2.45) is 5.92 Å². The average Bonchev–Trinajstić information content (AvgIpc) is 2.64. The van der Waals surface area contributed by atoms with Crippen molar-refractivity contribution in [3.05, 3.63) is 47.1 Å². The first-order chi connectivity index (χ1) is 12.5. The van der Waals surface area contributed by atoms with E-state index in [0.29, 0.717) is 29.4 Å². The van der Waals surface area contributed by atoms with Gasteiger partial charge in [0, 0.05) is 17.5 Å². The van der Waals surface area contributed by atoms with Gasteiger partial charge in [-0.05, 0) is 44.0 Å². The Balaban J connectivity index is 1.73. The van der Waals surface area contributed by atoms with Gasteiger partial charge in [0.05, 0.1) is 10.9 Å². The molecule has 0 aliphatic carbocycles. The van der Waals surface area contributed by atoms with Gasteiger partial charge in [-0.25, -0.2) is 0 Å². The highest BCUT2D eigenvalue weighted by Gasteiger charge is 2.36. The number of aliphatic carboxylic acids is 1. The number of carboxylic acids is 1. The van der Waals surface area contributed by atoms with Crippen LogP contribution in [0.1, 0.15) is 30.3 Å². The van der Waals surface area contributed by atoms with E-state index in [1.54, 1.807) is 30.0 Å². The van der Waals surface area contributed by atoms with Crippen LogP contribution in [0.15, 0.2) is 46.3 Å². The molecule has 1 N–H and O–H groups in total. The van der Waals surface area contributed by atoms with E-state index in [0.717, 1.165) is 4.90 Å². The third-order valence-electron chi connectivity index (χ3n) is 4.48. The van der Waals surface area contributed by atoms with E-state index in [9.17, 15) is 14.7 Å². The van der Waals surface area contributed by atoms with E-state index in [4.69, 9.17) is 11.6 Å². The molecule has 1 aliphatic heterocycles. The standard InChI is InChI=1S/C18H18ClN3O3S/c1-11-12(18(24)25)5-4-10-22(11)17(23)14-8-9-16(21-20-14)26-15-7-3-2-6-13(15)19/h2-3,6-9,11-12H,4-5,10H2,1H3,(H,24,25)/t11-,12-/m1/s1. The van der Waals surface area contributed by atoms with Gasteiger partial charge in [-0.3, -0.25) is 9.59 Å². The summed E-state index contributed by atoms with van der Waals surface area (Å²) in [5.74, 6) is -1.70. The van der Waals surface area contributed by atoms with Gasteiger partial charge in [-0.15, -0.1) is 10.2 Å². The van der Waals surface area contributed by atoms with Crippen LogP contribution >= 0.6 is 23.4 Å². The second-order valence-electron chi connectivity index (χ2n) is 6.12. The van der Waals surface area contributed by atoms with Crippen molar-refractivity contribution in [3.8, 4) is 0 Å². The Hall–Kier alpha value is -2.12. The molecule has 8 heteroatoms. The van der Waals surface area contributed by atoms with Crippen LogP contribution in [-0.4, -0.2) is 44.7 Å². The smallest absolute Gasteiger partial charge is 0.308 e. The van der Waals surface area contributed by atoms with Gasteiger partial charge in [0.15, 0.2) is 5.69 Å². The van der Waals surface area contributed by atoms with Crippen molar-refractivity contribution >= 4 is 35.2 Å². The molecule has 2 atom stereocenters. The minimum absolute atomic E-state index is 0.214. The summed E-state index contributed by atoms with van der Waals surface area (Å²) in [6, 6.07) is 10.4. The average molecular weight is 392 g/mol. The van der Waals surface area contributed by atoms with Gasteiger partial charge in [0.2, 0.25) is 0 Å². The van der Waals surface area contributed by atoms with E-state index in [-0.39, 0.29) is 17.6 Å². The highest BCUT2D eigenvalue weighted by molar-refractivity contribution is 7.99. The number of halogens is 1. The Labute approximate surface area is 160 Å². The van der Waals surface area contributed by atoms with E-state index in [2.05, 4.69) is 10.2 Å². The van der Waals surface area contributed by atoms with Crippen LogP contribution in [0.25, 0.3) is 0 Å². The van der Waals surface area contributed by atoms with Gasteiger partial charge >= 0.3 is 5.97 Å². The largest absolute Gasteiger partial charge is 0.481 e. The predicted molar refractivity (Wildman–Crippen MR) is 98.5 cm³/mol. The minimum atomic E-state index is -0.868. The molecule has 6 nitrogen and oxygen atoms in total. The lowest BCUT2D eigenvalue weighted by Gasteiger charge is -2.37. The van der Waals surface area contributed by atoms with Crippen LogP contribution in [0.3, 0.4) is 0 Å². The van der Waals surface area contributed by atoms with Crippen LogP contribution in [0.4, 0.5) is 0 Å². The van der Waals surface area contributed by atoms with Crippen molar-refractivity contribution in [3.63, 3.8) is 0 Å². The number of hydrogen-bond acceptors (Lipinski definition) is 5. The molecular weight excluding hydrogens is 374 g/mol. The number of benzene rings is 1. The van der Waals surface area contributed by atoms with Crippen molar-refractivity contribution in [2.75, 3.05) is 6.54 Å². The maximum Gasteiger partial charge on any atom is 0.308 e. The minimum Gasteiger partial charge on any atom is -0.481 e. The van der Waals surface area contributed by atoms with E-state index in [1.807, 2.05) is 18.2 Å². The maximum atomic E-state index is 12.7. The summed E-state index contributed by atoms with van der Waals surface area (Å²) in [7, 11) is 0. The summed E-state index contributed by atoms with van der Waals surface area (Å²) in [5, 5.41) is 18.7. The van der Waals surface area contributed by atoms with Crippen LogP contribution < -0.4 is 0 Å². The molecule has 136 valence electrons. The molecule has 3 rings (SSSR count). The summed E-state index contributed by atoms with van der Waals surface area (Å²) in [4.78, 5) is 26.5. The summed E-state index contributed by atoms with van der Waals surface area (Å²) in [5.41, 5.74) is 0.214. The van der Waals surface area contributed by atoms with E-state index in [1.165, 1.54) is 11.8 Å². The molecule has 2 heterocycles. The lowest BCUT2D eigenvalue weighted by molar-refractivity contribution is -0.144. The normalized spacial score (nSPS) is 20.0. The topological polar surface area (TPSA) is 83.4 Å². The van der Waals surface area contributed by atoms with Crippen LogP contribution in [0.5, 0.6) is 0 Å². The Kier molecular flexibility index (Phi) is 5.78. The number of piperidine rings is 1. The summed E-state index contributed by atoms with van der Waals surface area (Å²) in [6.07, 6.45) is 1.25. The molecule has 0 saturated carbocycles.